The van der Waals surface area contributed by atoms with Gasteiger partial charge < -0.3 is 10.6 Å². The monoisotopic (exact) mass is 256 g/mol. The van der Waals surface area contributed by atoms with Crippen molar-refractivity contribution in [3.8, 4) is 12.3 Å². The molecule has 0 bridgehead atoms. The van der Waals surface area contributed by atoms with Crippen molar-refractivity contribution in [2.75, 3.05) is 0 Å². The Morgan fingerprint density at radius 1 is 1.53 bits per heavy atom. The fourth-order valence-electron chi connectivity index (χ4n) is 2.38. The number of amides is 1. The van der Waals surface area contributed by atoms with E-state index in [4.69, 9.17) is 6.42 Å². The van der Waals surface area contributed by atoms with Gasteiger partial charge in [0.05, 0.1) is 6.04 Å². The number of terminal acetylenes is 1. The molecule has 3 nitrogen and oxygen atoms in total. The van der Waals surface area contributed by atoms with Crippen LogP contribution in [0.5, 0.6) is 0 Å². The van der Waals surface area contributed by atoms with Gasteiger partial charge >= 0.3 is 0 Å². The van der Waals surface area contributed by atoms with Crippen molar-refractivity contribution >= 4 is 5.91 Å². The van der Waals surface area contributed by atoms with Crippen molar-refractivity contribution in [2.45, 2.75) is 44.8 Å². The molecule has 3 heteroatoms. The SMILES string of the molecule is C#CCC(CC)NC(=O)[C@H]1Cc2ccccc2CN1. The Balaban J connectivity index is 1.97. The minimum Gasteiger partial charge on any atom is -0.351 e. The number of carbonyl (C=O) groups excluding carboxylic acids is 1. The van der Waals surface area contributed by atoms with E-state index in [1.807, 2.05) is 19.1 Å². The molecule has 1 heterocycles. The van der Waals surface area contributed by atoms with Gasteiger partial charge in [-0.15, -0.1) is 12.3 Å². The molecule has 1 unspecified atom stereocenters. The first-order valence-corrected chi connectivity index (χ1v) is 6.78. The molecule has 0 radical (unpaired) electrons. The van der Waals surface area contributed by atoms with Crippen molar-refractivity contribution in [3.05, 3.63) is 35.4 Å². The fourth-order valence-corrected chi connectivity index (χ4v) is 2.38. The van der Waals surface area contributed by atoms with Crippen LogP contribution in [0.4, 0.5) is 0 Å². The third-order valence-electron chi connectivity index (χ3n) is 3.60. The zero-order chi connectivity index (χ0) is 13.7. The Morgan fingerprint density at radius 3 is 2.95 bits per heavy atom. The predicted octanol–water partition coefficient (Wildman–Crippen LogP) is 1.62. The number of benzene rings is 1. The van der Waals surface area contributed by atoms with Gasteiger partial charge in [-0.1, -0.05) is 31.2 Å². The van der Waals surface area contributed by atoms with Gasteiger partial charge in [0.2, 0.25) is 5.91 Å². The number of rotatable bonds is 4. The maximum atomic E-state index is 12.2. The molecular weight excluding hydrogens is 236 g/mol. The molecule has 0 saturated heterocycles. The number of carbonyl (C=O) groups is 1. The summed E-state index contributed by atoms with van der Waals surface area (Å²) in [5.41, 5.74) is 2.54. The van der Waals surface area contributed by atoms with Gasteiger partial charge in [0, 0.05) is 19.0 Å². The van der Waals surface area contributed by atoms with E-state index in [2.05, 4.69) is 28.7 Å². The molecule has 0 aliphatic carbocycles. The first-order chi connectivity index (χ1) is 9.24. The van der Waals surface area contributed by atoms with Crippen molar-refractivity contribution < 1.29 is 4.79 Å². The molecule has 1 aliphatic heterocycles. The molecule has 19 heavy (non-hydrogen) atoms. The van der Waals surface area contributed by atoms with Crippen LogP contribution in [0.1, 0.15) is 30.9 Å². The van der Waals surface area contributed by atoms with Crippen LogP contribution in [0.25, 0.3) is 0 Å². The van der Waals surface area contributed by atoms with E-state index in [-0.39, 0.29) is 18.0 Å². The largest absolute Gasteiger partial charge is 0.351 e. The maximum Gasteiger partial charge on any atom is 0.237 e. The molecule has 2 rings (SSSR count). The smallest absolute Gasteiger partial charge is 0.237 e. The molecule has 100 valence electrons. The zero-order valence-electron chi connectivity index (χ0n) is 11.3. The maximum absolute atomic E-state index is 12.2. The van der Waals surface area contributed by atoms with E-state index in [1.165, 1.54) is 11.1 Å². The Morgan fingerprint density at radius 2 is 2.26 bits per heavy atom. The zero-order valence-corrected chi connectivity index (χ0v) is 11.3. The van der Waals surface area contributed by atoms with Gasteiger partial charge in [0.25, 0.3) is 0 Å². The van der Waals surface area contributed by atoms with Crippen LogP contribution in [0.3, 0.4) is 0 Å². The van der Waals surface area contributed by atoms with Gasteiger partial charge in [0.15, 0.2) is 0 Å². The Labute approximate surface area is 114 Å². The number of nitrogens with one attached hydrogen (secondary N) is 2. The number of hydrogen-bond acceptors (Lipinski definition) is 2. The molecule has 1 aliphatic rings. The van der Waals surface area contributed by atoms with Crippen LogP contribution < -0.4 is 10.6 Å². The highest BCUT2D eigenvalue weighted by Gasteiger charge is 2.24. The first-order valence-electron chi connectivity index (χ1n) is 6.78. The number of fused-ring (bicyclic) bond motifs is 1. The van der Waals surface area contributed by atoms with Crippen molar-refractivity contribution in [2.24, 2.45) is 0 Å². The third kappa shape index (κ3) is 3.36. The normalized spacial score (nSPS) is 19.1. The Hall–Kier alpha value is -1.79. The van der Waals surface area contributed by atoms with Crippen LogP contribution in [-0.2, 0) is 17.8 Å². The molecule has 0 aromatic heterocycles. The molecule has 2 atom stereocenters. The summed E-state index contributed by atoms with van der Waals surface area (Å²) < 4.78 is 0. The van der Waals surface area contributed by atoms with Crippen molar-refractivity contribution in [1.82, 2.24) is 10.6 Å². The van der Waals surface area contributed by atoms with Crippen molar-refractivity contribution in [3.63, 3.8) is 0 Å². The second kappa shape index (κ2) is 6.40. The van der Waals surface area contributed by atoms with Gasteiger partial charge in [-0.2, -0.15) is 0 Å². The fraction of sp³-hybridized carbons (Fsp3) is 0.438. The van der Waals surface area contributed by atoms with E-state index in [0.29, 0.717) is 6.42 Å². The van der Waals surface area contributed by atoms with E-state index in [0.717, 1.165) is 19.4 Å². The molecule has 2 N–H and O–H groups in total. The standard InChI is InChI=1S/C16H20N2O/c1-3-7-14(4-2)18-16(19)15-10-12-8-5-6-9-13(12)11-17-15/h1,5-6,8-9,14-15,17H,4,7,10-11H2,2H3,(H,18,19)/t14?,15-/m1/s1. The van der Waals surface area contributed by atoms with Gasteiger partial charge in [-0.3, -0.25) is 4.79 Å². The highest BCUT2D eigenvalue weighted by Crippen LogP contribution is 2.16. The van der Waals surface area contributed by atoms with E-state index >= 15 is 0 Å². The summed E-state index contributed by atoms with van der Waals surface area (Å²) in [4.78, 5) is 12.2. The summed E-state index contributed by atoms with van der Waals surface area (Å²) in [5, 5.41) is 6.31. The summed E-state index contributed by atoms with van der Waals surface area (Å²) in [7, 11) is 0. The van der Waals surface area contributed by atoms with Crippen LogP contribution in [-0.4, -0.2) is 18.0 Å². The van der Waals surface area contributed by atoms with Gasteiger partial charge in [-0.25, -0.2) is 0 Å². The molecule has 0 saturated carbocycles. The summed E-state index contributed by atoms with van der Waals surface area (Å²) in [6, 6.07) is 8.17. The molecule has 0 spiro atoms. The van der Waals surface area contributed by atoms with Crippen LogP contribution >= 0.6 is 0 Å². The lowest BCUT2D eigenvalue weighted by molar-refractivity contribution is -0.124. The van der Waals surface area contributed by atoms with Gasteiger partial charge in [0.1, 0.15) is 0 Å². The predicted molar refractivity (Wildman–Crippen MR) is 76.4 cm³/mol. The highest BCUT2D eigenvalue weighted by atomic mass is 16.2. The van der Waals surface area contributed by atoms with Crippen molar-refractivity contribution in [1.29, 1.82) is 0 Å². The van der Waals surface area contributed by atoms with E-state index in [9.17, 15) is 4.79 Å². The lowest BCUT2D eigenvalue weighted by Crippen LogP contribution is -2.50. The third-order valence-corrected chi connectivity index (χ3v) is 3.60. The highest BCUT2D eigenvalue weighted by molar-refractivity contribution is 5.82. The van der Waals surface area contributed by atoms with Crippen LogP contribution in [0.15, 0.2) is 24.3 Å². The Kier molecular flexibility index (Phi) is 4.59. The molecule has 1 aromatic rings. The topological polar surface area (TPSA) is 41.1 Å². The average Bonchev–Trinajstić information content (AvgIpc) is 2.46. The van der Waals surface area contributed by atoms with Crippen LogP contribution in [0, 0.1) is 12.3 Å². The lowest BCUT2D eigenvalue weighted by Gasteiger charge is -2.27. The molecule has 0 fully saturated rings. The Bertz CT molecular complexity index is 490. The quantitative estimate of drug-likeness (QED) is 0.804. The summed E-state index contributed by atoms with van der Waals surface area (Å²) in [5.74, 6) is 2.66. The molecular formula is C16H20N2O. The minimum atomic E-state index is -0.151. The summed E-state index contributed by atoms with van der Waals surface area (Å²) in [6.45, 7) is 2.78. The summed E-state index contributed by atoms with van der Waals surface area (Å²) >= 11 is 0. The first kappa shape index (κ1) is 13.6. The van der Waals surface area contributed by atoms with E-state index in [1.54, 1.807) is 0 Å². The average molecular weight is 256 g/mol. The minimum absolute atomic E-state index is 0.0524. The molecule has 1 amide bonds. The molecule has 1 aromatic carbocycles. The van der Waals surface area contributed by atoms with E-state index < -0.39 is 0 Å². The summed E-state index contributed by atoms with van der Waals surface area (Å²) in [6.07, 6.45) is 7.50. The number of hydrogen-bond donors (Lipinski definition) is 2. The second-order valence-corrected chi connectivity index (χ2v) is 4.93. The van der Waals surface area contributed by atoms with Crippen LogP contribution in [0.2, 0.25) is 0 Å². The second-order valence-electron chi connectivity index (χ2n) is 4.93. The lowest BCUT2D eigenvalue weighted by atomic mass is 9.95. The van der Waals surface area contributed by atoms with Gasteiger partial charge in [-0.05, 0) is 24.0 Å².